The van der Waals surface area contributed by atoms with Gasteiger partial charge in [0.2, 0.25) is 10.4 Å². The number of unbranched alkanes of at least 4 members (excludes halogenated alkanes) is 9. The molecule has 0 aliphatic rings. The van der Waals surface area contributed by atoms with E-state index in [4.69, 9.17) is 17.5 Å². The van der Waals surface area contributed by atoms with Crippen molar-refractivity contribution in [3.05, 3.63) is 0 Å². The van der Waals surface area contributed by atoms with Crippen molar-refractivity contribution in [3.8, 4) is 0 Å². The second kappa shape index (κ2) is 14.2. The van der Waals surface area contributed by atoms with E-state index in [-0.39, 0.29) is 6.23 Å². The lowest BCUT2D eigenvalue weighted by atomic mass is 10.1. The Bertz CT molecular complexity index is 347. The summed E-state index contributed by atoms with van der Waals surface area (Å²) in [5.74, 6) is 0. The first-order valence-electron chi connectivity index (χ1n) is 8.69. The van der Waals surface area contributed by atoms with E-state index in [2.05, 4.69) is 21.0 Å². The van der Waals surface area contributed by atoms with E-state index >= 15 is 0 Å². The topological polar surface area (TPSA) is 97.7 Å². The summed E-state index contributed by atoms with van der Waals surface area (Å²) in [5, 5.41) is 9.60. The van der Waals surface area contributed by atoms with Gasteiger partial charge in [-0.1, -0.05) is 58.3 Å². The predicted molar refractivity (Wildman–Crippen MR) is 92.8 cm³/mol. The highest BCUT2D eigenvalue weighted by Gasteiger charge is 2.20. The number of hydrogen-bond acceptors (Lipinski definition) is 4. The molecular formula is C16H37NO5S. The maximum atomic E-state index is 9.60. The van der Waals surface area contributed by atoms with Crippen molar-refractivity contribution in [2.45, 2.75) is 84.3 Å². The Morgan fingerprint density at radius 3 is 1.52 bits per heavy atom. The van der Waals surface area contributed by atoms with Crippen LogP contribution in [-0.2, 0) is 10.4 Å². The maximum absolute atomic E-state index is 9.60. The van der Waals surface area contributed by atoms with E-state index in [1.54, 1.807) is 0 Å². The van der Waals surface area contributed by atoms with Crippen LogP contribution in [0.15, 0.2) is 0 Å². The zero-order chi connectivity index (χ0) is 18.4. The lowest BCUT2D eigenvalue weighted by Crippen LogP contribution is -2.47. The van der Waals surface area contributed by atoms with Crippen molar-refractivity contribution in [2.75, 3.05) is 20.6 Å². The van der Waals surface area contributed by atoms with Gasteiger partial charge < -0.3 is 14.1 Å². The van der Waals surface area contributed by atoms with Crippen LogP contribution in [0.25, 0.3) is 0 Å². The van der Waals surface area contributed by atoms with Crippen molar-refractivity contribution in [1.82, 2.24) is 0 Å². The van der Waals surface area contributed by atoms with Crippen LogP contribution in [0.2, 0.25) is 0 Å². The van der Waals surface area contributed by atoms with Gasteiger partial charge in [0.1, 0.15) is 0 Å². The van der Waals surface area contributed by atoms with E-state index in [0.717, 1.165) is 11.0 Å². The van der Waals surface area contributed by atoms with Crippen LogP contribution in [-0.4, -0.2) is 54.0 Å². The van der Waals surface area contributed by atoms with E-state index in [1.807, 2.05) is 6.92 Å². The molecule has 1 atom stereocenters. The first-order valence-corrected chi connectivity index (χ1v) is 10.1. The fraction of sp³-hybridized carbons (Fsp3) is 1.00. The summed E-state index contributed by atoms with van der Waals surface area (Å²) in [7, 11) is -0.698. The second-order valence-corrected chi connectivity index (χ2v) is 7.60. The molecule has 0 aliphatic carbocycles. The number of hydrogen-bond donors (Lipinski definition) is 2. The monoisotopic (exact) mass is 355 g/mol. The molecule has 0 aromatic rings. The Labute approximate surface area is 143 Å². The normalized spacial score (nSPS) is 13.3. The molecule has 142 valence electrons. The first kappa shape index (κ1) is 25.0. The number of rotatable bonds is 12. The third-order valence-corrected chi connectivity index (χ3v) is 4.10. The summed E-state index contributed by atoms with van der Waals surface area (Å²) in [5.41, 5.74) is 0. The molecule has 2 N–H and O–H groups in total. The zero-order valence-corrected chi connectivity index (χ0v) is 16.1. The quantitative estimate of drug-likeness (QED) is 0.184. The van der Waals surface area contributed by atoms with Crippen LogP contribution < -0.4 is 0 Å². The first-order chi connectivity index (χ1) is 10.5. The van der Waals surface area contributed by atoms with Gasteiger partial charge in [-0.3, -0.25) is 4.55 Å². The SMILES string of the molecule is CCCCCCCCCCCC[N+](C)(C)C(C)O.O=S(=O)([O-])O. The molecule has 0 aromatic carbocycles. The predicted octanol–water partition coefficient (Wildman–Crippen LogP) is 3.33. The van der Waals surface area contributed by atoms with Gasteiger partial charge in [0.05, 0.1) is 20.6 Å². The molecule has 7 heteroatoms. The van der Waals surface area contributed by atoms with Gasteiger partial charge in [-0.15, -0.1) is 0 Å². The molecule has 23 heavy (non-hydrogen) atoms. The zero-order valence-electron chi connectivity index (χ0n) is 15.3. The molecular weight excluding hydrogens is 318 g/mol. The van der Waals surface area contributed by atoms with Crippen molar-refractivity contribution in [1.29, 1.82) is 0 Å². The molecule has 0 saturated heterocycles. The Balaban J connectivity index is 0. The molecule has 0 saturated carbocycles. The van der Waals surface area contributed by atoms with Crippen LogP contribution >= 0.6 is 0 Å². The van der Waals surface area contributed by atoms with Gasteiger partial charge >= 0.3 is 0 Å². The second-order valence-electron chi connectivity index (χ2n) is 6.74. The molecule has 0 aliphatic heterocycles. The minimum absolute atomic E-state index is 0.247. The Kier molecular flexibility index (Phi) is 15.4. The van der Waals surface area contributed by atoms with Crippen LogP contribution in [0.4, 0.5) is 0 Å². The summed E-state index contributed by atoms with van der Waals surface area (Å²) in [6.45, 7) is 5.25. The van der Waals surface area contributed by atoms with Gasteiger partial charge in [0.15, 0.2) is 6.23 Å². The molecule has 0 heterocycles. The molecule has 1 unspecified atom stereocenters. The van der Waals surface area contributed by atoms with E-state index in [9.17, 15) is 5.11 Å². The number of quaternary nitrogens is 1. The standard InChI is InChI=1S/C16H36NO.H2O4S/c1-5-6-7-8-9-10-11-12-13-14-15-17(3,4)16(2)18;1-5(2,3)4/h16,18H,5-15H2,1-4H3;(H2,1,2,3,4)/q+1;/p-1. The molecule has 0 spiro atoms. The lowest BCUT2D eigenvalue weighted by molar-refractivity contribution is -0.934. The molecule has 0 amide bonds. The maximum Gasteiger partial charge on any atom is 0.215 e. The molecule has 0 radical (unpaired) electrons. The summed E-state index contributed by atoms with van der Waals surface area (Å²) in [6.07, 6.45) is 13.5. The Hall–Kier alpha value is -0.210. The average Bonchev–Trinajstić information content (AvgIpc) is 2.38. The molecule has 0 aromatic heterocycles. The third kappa shape index (κ3) is 24.2. The third-order valence-electron chi connectivity index (χ3n) is 4.10. The Morgan fingerprint density at radius 1 is 0.913 bits per heavy atom. The van der Waals surface area contributed by atoms with Gasteiger partial charge in [0, 0.05) is 6.92 Å². The van der Waals surface area contributed by atoms with Crippen LogP contribution in [0.3, 0.4) is 0 Å². The summed E-state index contributed by atoms with van der Waals surface area (Å²) >= 11 is 0. The highest BCUT2D eigenvalue weighted by atomic mass is 32.3. The fourth-order valence-electron chi connectivity index (χ4n) is 2.19. The van der Waals surface area contributed by atoms with Gasteiger partial charge in [0.25, 0.3) is 0 Å². The summed E-state index contributed by atoms with van der Waals surface area (Å²) < 4.78 is 33.6. The number of nitrogens with zero attached hydrogens (tertiary/aromatic N) is 1. The van der Waals surface area contributed by atoms with Gasteiger partial charge in [-0.2, -0.15) is 0 Å². The van der Waals surface area contributed by atoms with Crippen molar-refractivity contribution >= 4 is 10.4 Å². The Morgan fingerprint density at radius 2 is 1.22 bits per heavy atom. The van der Waals surface area contributed by atoms with Crippen LogP contribution in [0.1, 0.15) is 78.1 Å². The van der Waals surface area contributed by atoms with Gasteiger partial charge in [-0.05, 0) is 12.8 Å². The number of aliphatic hydroxyl groups excluding tert-OH is 1. The minimum Gasteiger partial charge on any atom is -0.726 e. The van der Waals surface area contributed by atoms with Crippen molar-refractivity contribution < 1.29 is 27.1 Å². The molecule has 0 rings (SSSR count). The molecule has 0 bridgehead atoms. The fourth-order valence-corrected chi connectivity index (χ4v) is 2.19. The minimum atomic E-state index is -4.92. The summed E-state index contributed by atoms with van der Waals surface area (Å²) in [6, 6.07) is 0. The average molecular weight is 356 g/mol. The van der Waals surface area contributed by atoms with Crippen molar-refractivity contribution in [2.24, 2.45) is 0 Å². The van der Waals surface area contributed by atoms with Crippen LogP contribution in [0, 0.1) is 0 Å². The number of aliphatic hydroxyl groups is 1. The highest BCUT2D eigenvalue weighted by Crippen LogP contribution is 2.12. The van der Waals surface area contributed by atoms with Crippen molar-refractivity contribution in [3.63, 3.8) is 0 Å². The molecule has 6 nitrogen and oxygen atoms in total. The van der Waals surface area contributed by atoms with Crippen LogP contribution in [0.5, 0.6) is 0 Å². The highest BCUT2D eigenvalue weighted by molar-refractivity contribution is 7.79. The largest absolute Gasteiger partial charge is 0.726 e. The molecule has 0 fully saturated rings. The van der Waals surface area contributed by atoms with Gasteiger partial charge in [-0.25, -0.2) is 8.42 Å². The van der Waals surface area contributed by atoms with E-state index < -0.39 is 10.4 Å². The smallest absolute Gasteiger partial charge is 0.215 e. The van der Waals surface area contributed by atoms with E-state index in [0.29, 0.717) is 0 Å². The van der Waals surface area contributed by atoms with E-state index in [1.165, 1.54) is 64.2 Å². The summed E-state index contributed by atoms with van der Waals surface area (Å²) in [4.78, 5) is 0. The lowest BCUT2D eigenvalue weighted by Gasteiger charge is -2.32.